The highest BCUT2D eigenvalue weighted by molar-refractivity contribution is 6.09. The van der Waals surface area contributed by atoms with E-state index in [4.69, 9.17) is 9.40 Å². The Morgan fingerprint density at radius 1 is 0.875 bits per heavy atom. The van der Waals surface area contributed by atoms with Crippen LogP contribution >= 0.6 is 0 Å². The van der Waals surface area contributed by atoms with E-state index in [2.05, 4.69) is 54.0 Å². The third kappa shape index (κ3) is 1.75. The molecule has 0 saturated carbocycles. The van der Waals surface area contributed by atoms with Gasteiger partial charge in [-0.1, -0.05) is 42.5 Å². The van der Waals surface area contributed by atoms with Gasteiger partial charge in [-0.3, -0.25) is 0 Å². The number of benzene rings is 3. The van der Waals surface area contributed by atoms with E-state index < -0.39 is 0 Å². The number of para-hydroxylation sites is 4. The summed E-state index contributed by atoms with van der Waals surface area (Å²) in [6.07, 6.45) is 0. The van der Waals surface area contributed by atoms with Crippen LogP contribution < -0.4 is 0 Å². The van der Waals surface area contributed by atoms with Gasteiger partial charge >= 0.3 is 0 Å². The molecule has 5 rings (SSSR count). The Balaban J connectivity index is 1.90. The van der Waals surface area contributed by atoms with Gasteiger partial charge in [0, 0.05) is 17.3 Å². The first-order valence-electron chi connectivity index (χ1n) is 8.22. The Kier molecular flexibility index (Phi) is 2.77. The molecule has 0 saturated heterocycles. The van der Waals surface area contributed by atoms with E-state index in [1.54, 1.807) is 0 Å². The van der Waals surface area contributed by atoms with Crippen LogP contribution in [0.15, 0.2) is 71.1 Å². The Morgan fingerprint density at radius 3 is 2.58 bits per heavy atom. The molecule has 3 aromatic carbocycles. The molecule has 3 nitrogen and oxygen atoms in total. The number of hydrogen-bond acceptors (Lipinski definition) is 2. The van der Waals surface area contributed by atoms with Crippen molar-refractivity contribution in [3.05, 3.63) is 66.7 Å². The number of aryl methyl sites for hydroxylation is 1. The monoisotopic (exact) mass is 312 g/mol. The zero-order chi connectivity index (χ0) is 16.1. The molecule has 0 aliphatic carbocycles. The molecule has 2 heterocycles. The van der Waals surface area contributed by atoms with E-state index in [1.807, 2.05) is 24.3 Å². The van der Waals surface area contributed by atoms with Crippen LogP contribution in [0, 0.1) is 0 Å². The summed E-state index contributed by atoms with van der Waals surface area (Å²) in [4.78, 5) is 4.88. The lowest BCUT2D eigenvalue weighted by Gasteiger charge is -2.06. The summed E-state index contributed by atoms with van der Waals surface area (Å²) in [6.45, 7) is 3.02. The van der Waals surface area contributed by atoms with Gasteiger partial charge in [0.05, 0.1) is 16.6 Å². The van der Waals surface area contributed by atoms with Crippen LogP contribution in [-0.2, 0) is 6.54 Å². The van der Waals surface area contributed by atoms with Crippen molar-refractivity contribution in [2.24, 2.45) is 0 Å². The lowest BCUT2D eigenvalue weighted by atomic mass is 10.1. The molecule has 0 aliphatic rings. The summed E-state index contributed by atoms with van der Waals surface area (Å²) in [5.74, 6) is 0.961. The zero-order valence-corrected chi connectivity index (χ0v) is 13.4. The molecular weight excluding hydrogens is 296 g/mol. The second-order valence-electron chi connectivity index (χ2n) is 5.95. The van der Waals surface area contributed by atoms with Crippen LogP contribution in [-0.4, -0.2) is 9.55 Å². The van der Waals surface area contributed by atoms with Crippen LogP contribution in [0.1, 0.15) is 6.92 Å². The van der Waals surface area contributed by atoms with Crippen molar-refractivity contribution < 1.29 is 4.42 Å². The zero-order valence-electron chi connectivity index (χ0n) is 13.4. The first kappa shape index (κ1) is 13.4. The Hall–Kier alpha value is -3.07. The highest BCUT2D eigenvalue weighted by atomic mass is 16.3. The molecular formula is C21H16N2O. The molecule has 24 heavy (non-hydrogen) atoms. The molecule has 0 fully saturated rings. The summed E-state index contributed by atoms with van der Waals surface area (Å²) in [5.41, 5.74) is 5.04. The number of fused-ring (bicyclic) bond motifs is 4. The largest absolute Gasteiger partial charge is 0.455 e. The molecule has 5 aromatic rings. The van der Waals surface area contributed by atoms with Gasteiger partial charge < -0.3 is 8.98 Å². The number of rotatable bonds is 2. The second-order valence-corrected chi connectivity index (χ2v) is 5.95. The summed E-state index contributed by atoms with van der Waals surface area (Å²) < 4.78 is 8.43. The van der Waals surface area contributed by atoms with E-state index in [1.165, 1.54) is 0 Å². The topological polar surface area (TPSA) is 31.0 Å². The van der Waals surface area contributed by atoms with E-state index in [0.29, 0.717) is 0 Å². The Bertz CT molecular complexity index is 1200. The van der Waals surface area contributed by atoms with Gasteiger partial charge in [-0.15, -0.1) is 0 Å². The molecule has 0 atom stereocenters. The molecule has 3 heteroatoms. The average molecular weight is 312 g/mol. The van der Waals surface area contributed by atoms with Crippen LogP contribution in [0.3, 0.4) is 0 Å². The minimum Gasteiger partial charge on any atom is -0.455 e. The van der Waals surface area contributed by atoms with Crippen molar-refractivity contribution in [2.75, 3.05) is 0 Å². The van der Waals surface area contributed by atoms with Crippen LogP contribution in [0.4, 0.5) is 0 Å². The molecule has 0 spiro atoms. The summed E-state index contributed by atoms with van der Waals surface area (Å²) in [5, 5.41) is 2.28. The van der Waals surface area contributed by atoms with Crippen molar-refractivity contribution in [2.45, 2.75) is 13.5 Å². The predicted molar refractivity (Wildman–Crippen MR) is 98.1 cm³/mol. The SMILES string of the molecule is CCn1c(-c2cccc3c2oc2ccccc23)nc2ccccc21. The third-order valence-corrected chi connectivity index (χ3v) is 4.62. The van der Waals surface area contributed by atoms with E-state index >= 15 is 0 Å². The van der Waals surface area contributed by atoms with Crippen molar-refractivity contribution in [3.8, 4) is 11.4 Å². The number of aromatic nitrogens is 2. The van der Waals surface area contributed by atoms with Gasteiger partial charge in [0.2, 0.25) is 0 Å². The lowest BCUT2D eigenvalue weighted by molar-refractivity contribution is 0.668. The second kappa shape index (κ2) is 4.96. The van der Waals surface area contributed by atoms with Crippen molar-refractivity contribution in [1.82, 2.24) is 9.55 Å². The van der Waals surface area contributed by atoms with E-state index in [9.17, 15) is 0 Å². The minimum atomic E-state index is 0.868. The molecule has 0 unspecified atom stereocenters. The smallest absolute Gasteiger partial charge is 0.146 e. The molecule has 0 amide bonds. The Morgan fingerprint density at radius 2 is 1.67 bits per heavy atom. The van der Waals surface area contributed by atoms with Gasteiger partial charge in [0.1, 0.15) is 17.0 Å². The maximum Gasteiger partial charge on any atom is 0.146 e. The normalized spacial score (nSPS) is 11.7. The van der Waals surface area contributed by atoms with Crippen molar-refractivity contribution in [3.63, 3.8) is 0 Å². The molecule has 0 radical (unpaired) electrons. The quantitative estimate of drug-likeness (QED) is 0.423. The number of nitrogens with zero attached hydrogens (tertiary/aromatic N) is 2. The summed E-state index contributed by atoms with van der Waals surface area (Å²) in [7, 11) is 0. The number of furan rings is 1. The standard InChI is InChI=1S/C21H16N2O/c1-2-23-18-12-5-4-11-17(18)22-21(23)16-10-7-9-15-14-8-3-6-13-19(14)24-20(15)16/h3-13H,2H2,1H3. The molecule has 2 aromatic heterocycles. The Labute approximate surface area is 139 Å². The van der Waals surface area contributed by atoms with Crippen molar-refractivity contribution in [1.29, 1.82) is 0 Å². The molecule has 0 aliphatic heterocycles. The first-order chi connectivity index (χ1) is 11.9. The maximum atomic E-state index is 6.18. The minimum absolute atomic E-state index is 0.868. The van der Waals surface area contributed by atoms with Crippen LogP contribution in [0.2, 0.25) is 0 Å². The average Bonchev–Trinajstić information content (AvgIpc) is 3.19. The van der Waals surface area contributed by atoms with Gasteiger partial charge in [-0.05, 0) is 31.2 Å². The summed E-state index contributed by atoms with van der Waals surface area (Å²) in [6, 6.07) is 22.7. The lowest BCUT2D eigenvalue weighted by Crippen LogP contribution is -1.97. The highest BCUT2D eigenvalue weighted by Crippen LogP contribution is 2.36. The number of hydrogen-bond donors (Lipinski definition) is 0. The van der Waals surface area contributed by atoms with Gasteiger partial charge in [0.25, 0.3) is 0 Å². The third-order valence-electron chi connectivity index (χ3n) is 4.62. The van der Waals surface area contributed by atoms with E-state index in [-0.39, 0.29) is 0 Å². The van der Waals surface area contributed by atoms with Crippen LogP contribution in [0.5, 0.6) is 0 Å². The highest BCUT2D eigenvalue weighted by Gasteiger charge is 2.17. The molecule has 0 N–H and O–H groups in total. The van der Waals surface area contributed by atoms with Gasteiger partial charge in [-0.25, -0.2) is 4.98 Å². The fraction of sp³-hybridized carbons (Fsp3) is 0.0952. The maximum absolute atomic E-state index is 6.18. The van der Waals surface area contributed by atoms with Crippen molar-refractivity contribution >= 4 is 33.0 Å². The van der Waals surface area contributed by atoms with Crippen LogP contribution in [0.25, 0.3) is 44.4 Å². The molecule has 0 bridgehead atoms. The fourth-order valence-corrected chi connectivity index (χ4v) is 3.52. The van der Waals surface area contributed by atoms with E-state index in [0.717, 1.165) is 50.9 Å². The predicted octanol–water partition coefficient (Wildman–Crippen LogP) is 5.62. The molecule has 116 valence electrons. The first-order valence-corrected chi connectivity index (χ1v) is 8.22. The number of imidazole rings is 1. The fourth-order valence-electron chi connectivity index (χ4n) is 3.52. The van der Waals surface area contributed by atoms with Gasteiger partial charge in [-0.2, -0.15) is 0 Å². The summed E-state index contributed by atoms with van der Waals surface area (Å²) >= 11 is 0. The van der Waals surface area contributed by atoms with Gasteiger partial charge in [0.15, 0.2) is 0 Å².